The van der Waals surface area contributed by atoms with Gasteiger partial charge in [-0.2, -0.15) is 0 Å². The quantitative estimate of drug-likeness (QED) is 0.641. The molecule has 1 aromatic rings. The molecule has 0 aliphatic heterocycles. The normalized spacial score (nSPS) is 12.6. The summed E-state index contributed by atoms with van der Waals surface area (Å²) in [6.45, 7) is 0.00356. The zero-order valence-corrected chi connectivity index (χ0v) is 9.12. The van der Waals surface area contributed by atoms with Gasteiger partial charge >= 0.3 is 0 Å². The summed E-state index contributed by atoms with van der Waals surface area (Å²) in [6.07, 6.45) is -0.842. The highest BCUT2D eigenvalue weighted by Crippen LogP contribution is 2.27. The van der Waals surface area contributed by atoms with Crippen LogP contribution < -0.4 is 5.32 Å². The second kappa shape index (κ2) is 5.49. The highest BCUT2D eigenvalue weighted by Gasteiger charge is 2.12. The molecule has 84 valence electrons. The molecule has 0 saturated heterocycles. The first-order valence-electron chi connectivity index (χ1n) is 4.17. The third-order valence-corrected chi connectivity index (χ3v) is 2.46. The average molecular weight is 256 g/mol. The van der Waals surface area contributed by atoms with Gasteiger partial charge in [0.05, 0.1) is 17.7 Å². The van der Waals surface area contributed by atoms with Crippen LogP contribution in [0.2, 0.25) is 5.02 Å². The highest BCUT2D eigenvalue weighted by atomic mass is 35.5. The molecular formula is C9H9Cl2F2NO. The molecule has 0 aliphatic rings. The van der Waals surface area contributed by atoms with Gasteiger partial charge in [0.2, 0.25) is 0 Å². The van der Waals surface area contributed by atoms with Crippen molar-refractivity contribution in [1.82, 2.24) is 0 Å². The third-order valence-electron chi connectivity index (χ3n) is 1.74. The van der Waals surface area contributed by atoms with Gasteiger partial charge in [-0.3, -0.25) is 0 Å². The van der Waals surface area contributed by atoms with E-state index in [9.17, 15) is 8.78 Å². The molecule has 0 aromatic heterocycles. The third kappa shape index (κ3) is 3.19. The minimum atomic E-state index is -0.842. The van der Waals surface area contributed by atoms with Crippen LogP contribution in [0.15, 0.2) is 12.1 Å². The zero-order chi connectivity index (χ0) is 11.4. The van der Waals surface area contributed by atoms with E-state index >= 15 is 0 Å². The molecule has 0 saturated carbocycles. The largest absolute Gasteiger partial charge is 0.390 e. The van der Waals surface area contributed by atoms with E-state index in [0.717, 1.165) is 12.1 Å². The Hall–Kier alpha value is -0.580. The van der Waals surface area contributed by atoms with Crippen LogP contribution in [0.25, 0.3) is 0 Å². The van der Waals surface area contributed by atoms with Crippen LogP contribution in [0.3, 0.4) is 0 Å². The van der Waals surface area contributed by atoms with Gasteiger partial charge in [-0.15, -0.1) is 11.6 Å². The van der Waals surface area contributed by atoms with Gasteiger partial charge in [0.25, 0.3) is 0 Å². The number of aliphatic hydroxyl groups is 1. The monoisotopic (exact) mass is 255 g/mol. The van der Waals surface area contributed by atoms with Gasteiger partial charge in [-0.05, 0) is 12.1 Å². The Kier molecular flexibility index (Phi) is 4.57. The Balaban J connectivity index is 2.80. The van der Waals surface area contributed by atoms with Crippen LogP contribution in [0.5, 0.6) is 0 Å². The van der Waals surface area contributed by atoms with Crippen LogP contribution in [-0.2, 0) is 0 Å². The Bertz CT molecular complexity index is 349. The van der Waals surface area contributed by atoms with Gasteiger partial charge in [0.15, 0.2) is 0 Å². The van der Waals surface area contributed by atoms with E-state index in [-0.39, 0.29) is 23.1 Å². The lowest BCUT2D eigenvalue weighted by Crippen LogP contribution is -2.21. The van der Waals surface area contributed by atoms with E-state index in [1.165, 1.54) is 0 Å². The van der Waals surface area contributed by atoms with Crippen molar-refractivity contribution in [2.45, 2.75) is 6.10 Å². The van der Waals surface area contributed by atoms with Crippen molar-refractivity contribution in [2.24, 2.45) is 0 Å². The Morgan fingerprint density at radius 3 is 2.53 bits per heavy atom. The first-order valence-corrected chi connectivity index (χ1v) is 5.09. The molecule has 6 heteroatoms. The summed E-state index contributed by atoms with van der Waals surface area (Å²) < 4.78 is 26.1. The smallest absolute Gasteiger partial charge is 0.148 e. The second-order valence-corrected chi connectivity index (χ2v) is 3.59. The van der Waals surface area contributed by atoms with E-state index < -0.39 is 17.7 Å². The Morgan fingerprint density at radius 1 is 1.33 bits per heavy atom. The minimum absolute atomic E-state index is 0.00154. The average Bonchev–Trinajstić information content (AvgIpc) is 2.23. The maximum Gasteiger partial charge on any atom is 0.148 e. The number of aliphatic hydroxyl groups excluding tert-OH is 1. The van der Waals surface area contributed by atoms with Crippen molar-refractivity contribution >= 4 is 28.9 Å². The summed E-state index contributed by atoms with van der Waals surface area (Å²) in [5, 5.41) is 11.3. The molecule has 1 rings (SSSR count). The van der Waals surface area contributed by atoms with Crippen molar-refractivity contribution in [3.8, 4) is 0 Å². The molecule has 0 aliphatic carbocycles. The Morgan fingerprint density at radius 2 is 1.93 bits per heavy atom. The molecule has 0 heterocycles. The van der Waals surface area contributed by atoms with Crippen molar-refractivity contribution < 1.29 is 13.9 Å². The maximum absolute atomic E-state index is 13.2. The molecule has 0 bridgehead atoms. The van der Waals surface area contributed by atoms with E-state index in [1.54, 1.807) is 0 Å². The van der Waals surface area contributed by atoms with Crippen LogP contribution in [0, 0.1) is 11.6 Å². The van der Waals surface area contributed by atoms with E-state index in [2.05, 4.69) is 5.32 Å². The van der Waals surface area contributed by atoms with Crippen molar-refractivity contribution in [1.29, 1.82) is 0 Å². The molecule has 0 radical (unpaired) electrons. The van der Waals surface area contributed by atoms with Crippen LogP contribution >= 0.6 is 23.2 Å². The topological polar surface area (TPSA) is 32.3 Å². The first-order chi connectivity index (χ1) is 7.06. The highest BCUT2D eigenvalue weighted by molar-refractivity contribution is 6.33. The number of rotatable bonds is 4. The molecule has 0 fully saturated rings. The summed E-state index contributed by atoms with van der Waals surface area (Å²) in [7, 11) is 0. The molecule has 1 unspecified atom stereocenters. The fourth-order valence-electron chi connectivity index (χ4n) is 0.964. The molecule has 0 spiro atoms. The van der Waals surface area contributed by atoms with E-state index in [4.69, 9.17) is 28.3 Å². The van der Waals surface area contributed by atoms with Crippen LogP contribution in [-0.4, -0.2) is 23.6 Å². The number of anilines is 1. The van der Waals surface area contributed by atoms with Crippen LogP contribution in [0.1, 0.15) is 0 Å². The summed E-state index contributed by atoms with van der Waals surface area (Å²) in [5.74, 6) is -1.40. The van der Waals surface area contributed by atoms with Gasteiger partial charge in [0, 0.05) is 6.54 Å². The Labute approximate surface area is 95.8 Å². The van der Waals surface area contributed by atoms with Crippen molar-refractivity contribution in [3.05, 3.63) is 28.8 Å². The molecule has 1 aromatic carbocycles. The molecule has 2 nitrogen and oxygen atoms in total. The summed E-state index contributed by atoms with van der Waals surface area (Å²) in [6, 6.07) is 1.89. The van der Waals surface area contributed by atoms with E-state index in [0.29, 0.717) is 0 Å². The predicted octanol–water partition coefficient (Wildman–Crippen LogP) is 2.63. The predicted molar refractivity (Wildman–Crippen MR) is 56.6 cm³/mol. The van der Waals surface area contributed by atoms with Crippen molar-refractivity contribution in [2.75, 3.05) is 17.7 Å². The lowest BCUT2D eigenvalue weighted by Gasteiger charge is -2.12. The van der Waals surface area contributed by atoms with Gasteiger partial charge in [-0.25, -0.2) is 8.78 Å². The van der Waals surface area contributed by atoms with Gasteiger partial charge in [0.1, 0.15) is 16.7 Å². The molecule has 1 atom stereocenters. The second-order valence-electron chi connectivity index (χ2n) is 2.91. The van der Waals surface area contributed by atoms with Crippen LogP contribution in [0.4, 0.5) is 14.5 Å². The van der Waals surface area contributed by atoms with Gasteiger partial charge in [-0.1, -0.05) is 11.6 Å². The van der Waals surface area contributed by atoms with E-state index in [1.807, 2.05) is 0 Å². The molecule has 15 heavy (non-hydrogen) atoms. The number of nitrogens with one attached hydrogen (secondary N) is 1. The maximum atomic E-state index is 13.2. The zero-order valence-electron chi connectivity index (χ0n) is 7.61. The van der Waals surface area contributed by atoms with Gasteiger partial charge < -0.3 is 10.4 Å². The summed E-state index contributed by atoms with van der Waals surface area (Å²) in [5.41, 5.74) is -0.166. The fraction of sp³-hybridized carbons (Fsp3) is 0.333. The number of hydrogen-bond acceptors (Lipinski definition) is 2. The first kappa shape index (κ1) is 12.5. The lowest BCUT2D eigenvalue weighted by molar-refractivity contribution is 0.211. The van der Waals surface area contributed by atoms with Crippen molar-refractivity contribution in [3.63, 3.8) is 0 Å². The number of benzene rings is 1. The molecule has 2 N–H and O–H groups in total. The summed E-state index contributed by atoms with van der Waals surface area (Å²) in [4.78, 5) is 0. The lowest BCUT2D eigenvalue weighted by atomic mass is 10.2. The molecule has 0 amide bonds. The standard InChI is InChI=1S/C9H9Cl2F2NO/c10-3-5(15)4-14-9-7(13)2-1-6(12)8(9)11/h1-2,5,14-15H,3-4H2. The molecular weight excluding hydrogens is 247 g/mol. The number of alkyl halides is 1. The minimum Gasteiger partial charge on any atom is -0.390 e. The SMILES string of the molecule is OC(CCl)CNc1c(F)ccc(F)c1Cl. The number of halogens is 4. The fourth-order valence-corrected chi connectivity index (χ4v) is 1.29. The number of hydrogen-bond donors (Lipinski definition) is 2. The summed E-state index contributed by atoms with van der Waals surface area (Å²) >= 11 is 10.9.